The van der Waals surface area contributed by atoms with Crippen LogP contribution in [-0.2, 0) is 0 Å². The number of ketones is 1. The lowest BCUT2D eigenvalue weighted by Gasteiger charge is -2.17. The maximum absolute atomic E-state index is 11.6. The molecule has 0 aliphatic carbocycles. The quantitative estimate of drug-likeness (QED) is 0.675. The van der Waals surface area contributed by atoms with Gasteiger partial charge in [-0.05, 0) is 0 Å². The van der Waals surface area contributed by atoms with Gasteiger partial charge in [-0.3, -0.25) is 4.79 Å². The lowest BCUT2D eigenvalue weighted by molar-refractivity contribution is 0.0885. The summed E-state index contributed by atoms with van der Waals surface area (Å²) < 4.78 is -1.83. The predicted molar refractivity (Wildman–Crippen MR) is 61.7 cm³/mol. The molecular formula is C10H9Cl3O2. The zero-order chi connectivity index (χ0) is 11.5. The monoisotopic (exact) mass is 266 g/mol. The number of Topliss-reactive ketones (excluding diaryl/α,β-unsaturated/α-hetero) is 1. The molecule has 0 saturated heterocycles. The van der Waals surface area contributed by atoms with E-state index in [-0.39, 0.29) is 12.2 Å². The van der Waals surface area contributed by atoms with E-state index >= 15 is 0 Å². The standard InChI is InChI=1S/C10H9Cl3O2/c11-10(12,13)9(15)6-8(14)7-4-2-1-3-5-7/h1-5,9,15H,6H2. The molecule has 1 aromatic carbocycles. The molecule has 1 unspecified atom stereocenters. The van der Waals surface area contributed by atoms with Gasteiger partial charge in [0.05, 0.1) is 0 Å². The Morgan fingerprint density at radius 1 is 1.27 bits per heavy atom. The van der Waals surface area contributed by atoms with Crippen molar-refractivity contribution in [2.45, 2.75) is 16.3 Å². The maximum atomic E-state index is 11.6. The largest absolute Gasteiger partial charge is 0.388 e. The number of rotatable bonds is 3. The molecule has 1 aromatic rings. The van der Waals surface area contributed by atoms with Gasteiger partial charge in [0.2, 0.25) is 3.79 Å². The van der Waals surface area contributed by atoms with Crippen molar-refractivity contribution in [3.05, 3.63) is 35.9 Å². The van der Waals surface area contributed by atoms with Gasteiger partial charge < -0.3 is 5.11 Å². The van der Waals surface area contributed by atoms with Crippen molar-refractivity contribution in [2.75, 3.05) is 0 Å². The second-order valence-corrected chi connectivity index (χ2v) is 5.42. The molecular weight excluding hydrogens is 258 g/mol. The molecule has 5 heteroatoms. The van der Waals surface area contributed by atoms with Crippen LogP contribution in [0.3, 0.4) is 0 Å². The molecule has 0 heterocycles. The molecule has 1 N–H and O–H groups in total. The molecule has 0 saturated carbocycles. The molecule has 0 aliphatic rings. The van der Waals surface area contributed by atoms with Gasteiger partial charge in [-0.15, -0.1) is 0 Å². The minimum absolute atomic E-state index is 0.208. The van der Waals surface area contributed by atoms with E-state index in [9.17, 15) is 9.90 Å². The highest BCUT2D eigenvalue weighted by atomic mass is 35.6. The first-order valence-electron chi connectivity index (χ1n) is 4.24. The van der Waals surface area contributed by atoms with Gasteiger partial charge in [-0.2, -0.15) is 0 Å². The van der Waals surface area contributed by atoms with Crippen molar-refractivity contribution >= 4 is 40.6 Å². The fourth-order valence-electron chi connectivity index (χ4n) is 1.03. The van der Waals surface area contributed by atoms with E-state index in [0.29, 0.717) is 5.56 Å². The number of alkyl halides is 3. The number of aliphatic hydroxyl groups is 1. The third-order valence-corrected chi connectivity index (χ3v) is 2.61. The summed E-state index contributed by atoms with van der Waals surface area (Å²) in [5, 5.41) is 9.40. The predicted octanol–water partition coefficient (Wildman–Crippen LogP) is 2.99. The van der Waals surface area contributed by atoms with E-state index < -0.39 is 9.90 Å². The number of halogens is 3. The average molecular weight is 268 g/mol. The van der Waals surface area contributed by atoms with Gasteiger partial charge in [0.15, 0.2) is 5.78 Å². The summed E-state index contributed by atoms with van der Waals surface area (Å²) in [7, 11) is 0. The number of carbonyl (C=O) groups excluding carboxylic acids is 1. The molecule has 0 amide bonds. The van der Waals surface area contributed by atoms with Gasteiger partial charge in [-0.1, -0.05) is 65.1 Å². The minimum Gasteiger partial charge on any atom is -0.388 e. The summed E-state index contributed by atoms with van der Waals surface area (Å²) >= 11 is 16.3. The first kappa shape index (κ1) is 12.8. The molecule has 0 radical (unpaired) electrons. The van der Waals surface area contributed by atoms with Crippen LogP contribution in [-0.4, -0.2) is 20.8 Å². The lowest BCUT2D eigenvalue weighted by Crippen LogP contribution is -2.27. The van der Waals surface area contributed by atoms with Crippen LogP contribution in [0.4, 0.5) is 0 Å². The molecule has 1 atom stereocenters. The topological polar surface area (TPSA) is 37.3 Å². The third kappa shape index (κ3) is 3.99. The highest BCUT2D eigenvalue weighted by molar-refractivity contribution is 6.68. The Kier molecular flexibility index (Phi) is 4.41. The van der Waals surface area contributed by atoms with E-state index in [1.54, 1.807) is 30.3 Å². The summed E-state index contributed by atoms with van der Waals surface area (Å²) in [6.45, 7) is 0. The van der Waals surface area contributed by atoms with Crippen LogP contribution in [0.1, 0.15) is 16.8 Å². The number of hydrogen-bond donors (Lipinski definition) is 1. The van der Waals surface area contributed by atoms with Gasteiger partial charge in [0.1, 0.15) is 6.10 Å². The van der Waals surface area contributed by atoms with Crippen molar-refractivity contribution in [1.29, 1.82) is 0 Å². The zero-order valence-corrected chi connectivity index (χ0v) is 9.93. The van der Waals surface area contributed by atoms with E-state index in [2.05, 4.69) is 0 Å². The van der Waals surface area contributed by atoms with Gasteiger partial charge in [0.25, 0.3) is 0 Å². The summed E-state index contributed by atoms with van der Waals surface area (Å²) in [5.74, 6) is -0.255. The lowest BCUT2D eigenvalue weighted by atomic mass is 10.1. The molecule has 0 aromatic heterocycles. The molecule has 0 aliphatic heterocycles. The van der Waals surface area contributed by atoms with Crippen LogP contribution in [0.2, 0.25) is 0 Å². The van der Waals surface area contributed by atoms with Crippen molar-refractivity contribution in [3.63, 3.8) is 0 Å². The summed E-state index contributed by atoms with van der Waals surface area (Å²) in [5.41, 5.74) is 0.491. The van der Waals surface area contributed by atoms with E-state index in [1.165, 1.54) is 0 Å². The zero-order valence-electron chi connectivity index (χ0n) is 7.66. The van der Waals surface area contributed by atoms with Crippen LogP contribution in [0, 0.1) is 0 Å². The SMILES string of the molecule is O=C(CC(O)C(Cl)(Cl)Cl)c1ccccc1. The van der Waals surface area contributed by atoms with E-state index in [1.807, 2.05) is 0 Å². The Labute approximate surface area is 103 Å². The fraction of sp³-hybridized carbons (Fsp3) is 0.300. The first-order valence-corrected chi connectivity index (χ1v) is 5.37. The van der Waals surface area contributed by atoms with Crippen LogP contribution in [0.15, 0.2) is 30.3 Å². The maximum Gasteiger partial charge on any atom is 0.216 e. The van der Waals surface area contributed by atoms with E-state index in [0.717, 1.165) is 0 Å². The minimum atomic E-state index is -1.83. The Hall–Kier alpha value is -0.280. The van der Waals surface area contributed by atoms with Crippen molar-refractivity contribution in [2.24, 2.45) is 0 Å². The van der Waals surface area contributed by atoms with Crippen molar-refractivity contribution in [3.8, 4) is 0 Å². The van der Waals surface area contributed by atoms with Gasteiger partial charge in [0, 0.05) is 12.0 Å². The molecule has 2 nitrogen and oxygen atoms in total. The third-order valence-electron chi connectivity index (χ3n) is 1.85. The molecule has 15 heavy (non-hydrogen) atoms. The Morgan fingerprint density at radius 3 is 2.27 bits per heavy atom. The summed E-state index contributed by atoms with van der Waals surface area (Å²) in [6.07, 6.45) is -1.50. The van der Waals surface area contributed by atoms with Crippen LogP contribution < -0.4 is 0 Å². The molecule has 0 spiro atoms. The van der Waals surface area contributed by atoms with Crippen molar-refractivity contribution < 1.29 is 9.90 Å². The average Bonchev–Trinajstić information content (AvgIpc) is 2.17. The number of hydrogen-bond acceptors (Lipinski definition) is 2. The van der Waals surface area contributed by atoms with Crippen molar-refractivity contribution in [1.82, 2.24) is 0 Å². The normalized spacial score (nSPS) is 13.6. The molecule has 0 fully saturated rings. The highest BCUT2D eigenvalue weighted by Crippen LogP contribution is 2.32. The Bertz CT molecular complexity index is 332. The second kappa shape index (κ2) is 5.17. The van der Waals surface area contributed by atoms with E-state index in [4.69, 9.17) is 34.8 Å². The van der Waals surface area contributed by atoms with Crippen LogP contribution >= 0.6 is 34.8 Å². The smallest absolute Gasteiger partial charge is 0.216 e. The number of benzene rings is 1. The van der Waals surface area contributed by atoms with Crippen LogP contribution in [0.5, 0.6) is 0 Å². The van der Waals surface area contributed by atoms with Crippen LogP contribution in [0.25, 0.3) is 0 Å². The first-order chi connectivity index (χ1) is 6.91. The summed E-state index contributed by atoms with van der Waals surface area (Å²) in [6, 6.07) is 8.55. The Morgan fingerprint density at radius 2 is 1.80 bits per heavy atom. The summed E-state index contributed by atoms with van der Waals surface area (Å²) in [4.78, 5) is 11.6. The molecule has 82 valence electrons. The fourth-order valence-corrected chi connectivity index (χ4v) is 1.26. The van der Waals surface area contributed by atoms with Gasteiger partial charge >= 0.3 is 0 Å². The molecule has 1 rings (SSSR count). The highest BCUT2D eigenvalue weighted by Gasteiger charge is 2.32. The Balaban J connectivity index is 2.65. The molecule has 0 bridgehead atoms. The second-order valence-electron chi connectivity index (χ2n) is 3.05. The van der Waals surface area contributed by atoms with Gasteiger partial charge in [-0.25, -0.2) is 0 Å². The number of carbonyl (C=O) groups is 1. The number of aliphatic hydroxyl groups excluding tert-OH is 1.